The van der Waals surface area contributed by atoms with Gasteiger partial charge in [-0.1, -0.05) is 12.1 Å². The topological polar surface area (TPSA) is 105 Å². The molecule has 8 heteroatoms. The predicted octanol–water partition coefficient (Wildman–Crippen LogP) is 2.13. The van der Waals surface area contributed by atoms with E-state index in [1.807, 2.05) is 0 Å². The molecule has 0 radical (unpaired) electrons. The molecule has 0 aliphatic rings. The van der Waals surface area contributed by atoms with Crippen LogP contribution in [0.1, 0.15) is 11.1 Å². The SMILES string of the molecule is O=C(Cc1ccc(F)cc1)N/N=C/c1ccc(O)c([N+](=O)[O-])c1. The van der Waals surface area contributed by atoms with E-state index in [2.05, 4.69) is 10.5 Å². The standard InChI is InChI=1S/C15H12FN3O4/c16-12-4-1-10(2-5-12)8-15(21)18-17-9-11-3-6-14(20)13(7-11)19(22)23/h1-7,9,20H,8H2,(H,18,21)/b17-9+. The molecular weight excluding hydrogens is 305 g/mol. The van der Waals surface area contributed by atoms with Crippen LogP contribution in [0.2, 0.25) is 0 Å². The van der Waals surface area contributed by atoms with Crippen LogP contribution in [0, 0.1) is 15.9 Å². The number of hydrogen-bond acceptors (Lipinski definition) is 5. The number of nitro groups is 1. The molecule has 0 aliphatic carbocycles. The Bertz CT molecular complexity index is 760. The van der Waals surface area contributed by atoms with Crippen LogP contribution in [-0.2, 0) is 11.2 Å². The molecule has 0 aromatic heterocycles. The first-order valence-electron chi connectivity index (χ1n) is 6.49. The van der Waals surface area contributed by atoms with Crippen molar-refractivity contribution in [3.63, 3.8) is 0 Å². The summed E-state index contributed by atoms with van der Waals surface area (Å²) < 4.78 is 12.7. The minimum atomic E-state index is -0.722. The average molecular weight is 317 g/mol. The number of phenols is 1. The number of halogens is 1. The second-order valence-corrected chi connectivity index (χ2v) is 4.60. The van der Waals surface area contributed by atoms with Gasteiger partial charge in [0.15, 0.2) is 5.75 Å². The number of carbonyl (C=O) groups is 1. The van der Waals surface area contributed by atoms with E-state index in [0.29, 0.717) is 11.1 Å². The van der Waals surface area contributed by atoms with E-state index < -0.39 is 22.3 Å². The van der Waals surface area contributed by atoms with E-state index in [1.54, 1.807) is 0 Å². The molecule has 2 rings (SSSR count). The Morgan fingerprint density at radius 1 is 1.30 bits per heavy atom. The number of nitrogens with one attached hydrogen (secondary N) is 1. The minimum absolute atomic E-state index is 0.0212. The number of benzene rings is 2. The van der Waals surface area contributed by atoms with Gasteiger partial charge in [0.05, 0.1) is 17.6 Å². The van der Waals surface area contributed by atoms with Crippen molar-refractivity contribution in [2.75, 3.05) is 0 Å². The van der Waals surface area contributed by atoms with Gasteiger partial charge in [0, 0.05) is 11.6 Å². The Labute approximate surface area is 130 Å². The highest BCUT2D eigenvalue weighted by Gasteiger charge is 2.12. The fourth-order valence-corrected chi connectivity index (χ4v) is 1.77. The molecule has 7 nitrogen and oxygen atoms in total. The summed E-state index contributed by atoms with van der Waals surface area (Å²) in [6, 6.07) is 9.19. The number of aromatic hydroxyl groups is 1. The van der Waals surface area contributed by atoms with Crippen molar-refractivity contribution in [1.29, 1.82) is 0 Å². The van der Waals surface area contributed by atoms with Crippen LogP contribution < -0.4 is 5.43 Å². The van der Waals surface area contributed by atoms with Crippen molar-refractivity contribution in [3.8, 4) is 5.75 Å². The van der Waals surface area contributed by atoms with Crippen LogP contribution in [0.15, 0.2) is 47.6 Å². The van der Waals surface area contributed by atoms with Crippen LogP contribution in [0.5, 0.6) is 5.75 Å². The molecule has 23 heavy (non-hydrogen) atoms. The maximum atomic E-state index is 12.7. The number of carbonyl (C=O) groups excluding carboxylic acids is 1. The highest BCUT2D eigenvalue weighted by molar-refractivity contribution is 5.84. The summed E-state index contributed by atoms with van der Waals surface area (Å²) in [6.07, 6.45) is 1.24. The van der Waals surface area contributed by atoms with Gasteiger partial charge in [0.25, 0.3) is 0 Å². The summed E-state index contributed by atoms with van der Waals surface area (Å²) in [7, 11) is 0. The average Bonchev–Trinajstić information content (AvgIpc) is 2.51. The number of phenolic OH excluding ortho intramolecular Hbond substituents is 1. The van der Waals surface area contributed by atoms with E-state index in [4.69, 9.17) is 0 Å². The molecule has 2 aromatic rings. The Balaban J connectivity index is 1.96. The third kappa shape index (κ3) is 4.60. The maximum Gasteiger partial charge on any atom is 0.311 e. The monoisotopic (exact) mass is 317 g/mol. The highest BCUT2D eigenvalue weighted by Crippen LogP contribution is 2.25. The third-order valence-electron chi connectivity index (χ3n) is 2.88. The zero-order chi connectivity index (χ0) is 16.8. The number of hydrogen-bond donors (Lipinski definition) is 2. The van der Waals surface area contributed by atoms with Crippen molar-refractivity contribution in [2.24, 2.45) is 5.10 Å². The van der Waals surface area contributed by atoms with Gasteiger partial charge in [0.1, 0.15) is 5.82 Å². The van der Waals surface area contributed by atoms with Gasteiger partial charge >= 0.3 is 5.69 Å². The summed E-state index contributed by atoms with van der Waals surface area (Å²) in [5.41, 5.74) is 2.78. The quantitative estimate of drug-likeness (QED) is 0.500. The van der Waals surface area contributed by atoms with E-state index >= 15 is 0 Å². The van der Waals surface area contributed by atoms with Crippen LogP contribution in [-0.4, -0.2) is 22.2 Å². The van der Waals surface area contributed by atoms with Gasteiger partial charge in [0.2, 0.25) is 5.91 Å². The molecule has 0 heterocycles. The lowest BCUT2D eigenvalue weighted by molar-refractivity contribution is -0.385. The molecule has 1 amide bonds. The van der Waals surface area contributed by atoms with Crippen molar-refractivity contribution in [2.45, 2.75) is 6.42 Å². The minimum Gasteiger partial charge on any atom is -0.502 e. The van der Waals surface area contributed by atoms with Crippen molar-refractivity contribution < 1.29 is 19.2 Å². The van der Waals surface area contributed by atoms with Crippen LogP contribution >= 0.6 is 0 Å². The fraction of sp³-hybridized carbons (Fsp3) is 0.0667. The number of hydrazone groups is 1. The fourth-order valence-electron chi connectivity index (χ4n) is 1.77. The smallest absolute Gasteiger partial charge is 0.311 e. The first kappa shape index (κ1) is 16.1. The number of amides is 1. The van der Waals surface area contributed by atoms with E-state index in [9.17, 15) is 24.4 Å². The Morgan fingerprint density at radius 2 is 2.00 bits per heavy atom. The summed E-state index contributed by atoms with van der Waals surface area (Å²) in [4.78, 5) is 21.6. The zero-order valence-corrected chi connectivity index (χ0v) is 11.8. The van der Waals surface area contributed by atoms with Gasteiger partial charge in [-0.15, -0.1) is 0 Å². The molecule has 0 fully saturated rings. The molecule has 0 saturated heterocycles. The Hall–Kier alpha value is -3.29. The second-order valence-electron chi connectivity index (χ2n) is 4.60. The molecular formula is C15H12FN3O4. The first-order chi connectivity index (χ1) is 11.0. The molecule has 0 spiro atoms. The summed E-state index contributed by atoms with van der Waals surface area (Å²) in [5, 5.41) is 23.7. The third-order valence-corrected chi connectivity index (χ3v) is 2.88. The van der Waals surface area contributed by atoms with Crippen molar-refractivity contribution in [1.82, 2.24) is 5.43 Å². The number of nitrogens with zero attached hydrogens (tertiary/aromatic N) is 2. The molecule has 0 bridgehead atoms. The van der Waals surface area contributed by atoms with E-state index in [1.165, 1.54) is 42.6 Å². The van der Waals surface area contributed by atoms with Gasteiger partial charge < -0.3 is 5.11 Å². The molecule has 0 unspecified atom stereocenters. The van der Waals surface area contributed by atoms with Crippen LogP contribution in [0.4, 0.5) is 10.1 Å². The van der Waals surface area contributed by atoms with Crippen LogP contribution in [0.3, 0.4) is 0 Å². The summed E-state index contributed by atoms with van der Waals surface area (Å²) >= 11 is 0. The largest absolute Gasteiger partial charge is 0.502 e. The molecule has 0 aliphatic heterocycles. The van der Waals surface area contributed by atoms with Crippen LogP contribution in [0.25, 0.3) is 0 Å². The number of rotatable bonds is 5. The Morgan fingerprint density at radius 3 is 2.65 bits per heavy atom. The zero-order valence-electron chi connectivity index (χ0n) is 11.8. The predicted molar refractivity (Wildman–Crippen MR) is 80.6 cm³/mol. The normalized spacial score (nSPS) is 10.7. The van der Waals surface area contributed by atoms with Gasteiger partial charge in [-0.05, 0) is 29.8 Å². The lowest BCUT2D eigenvalue weighted by Crippen LogP contribution is -2.19. The first-order valence-corrected chi connectivity index (χ1v) is 6.49. The van der Waals surface area contributed by atoms with E-state index in [-0.39, 0.29) is 12.2 Å². The molecule has 0 atom stereocenters. The summed E-state index contributed by atoms with van der Waals surface area (Å²) in [5.74, 6) is -1.25. The number of nitro benzene ring substituents is 1. The lowest BCUT2D eigenvalue weighted by Gasteiger charge is -2.01. The molecule has 2 aromatic carbocycles. The lowest BCUT2D eigenvalue weighted by atomic mass is 10.1. The molecule has 118 valence electrons. The molecule has 0 saturated carbocycles. The van der Waals surface area contributed by atoms with Gasteiger partial charge in [-0.2, -0.15) is 5.10 Å². The summed E-state index contributed by atoms with van der Waals surface area (Å²) in [6.45, 7) is 0. The van der Waals surface area contributed by atoms with Gasteiger partial charge in [-0.3, -0.25) is 14.9 Å². The second kappa shape index (κ2) is 7.12. The maximum absolute atomic E-state index is 12.7. The van der Waals surface area contributed by atoms with E-state index in [0.717, 1.165) is 6.07 Å². The molecule has 2 N–H and O–H groups in total. The van der Waals surface area contributed by atoms with Crippen molar-refractivity contribution in [3.05, 3.63) is 69.5 Å². The Kier molecular flexibility index (Phi) is 4.98. The highest BCUT2D eigenvalue weighted by atomic mass is 19.1. The van der Waals surface area contributed by atoms with Crippen molar-refractivity contribution >= 4 is 17.8 Å². The van der Waals surface area contributed by atoms with Gasteiger partial charge in [-0.25, -0.2) is 9.82 Å².